The van der Waals surface area contributed by atoms with Gasteiger partial charge >= 0.3 is 6.03 Å². The molecule has 3 amide bonds. The summed E-state index contributed by atoms with van der Waals surface area (Å²) in [6.45, 7) is 2.23. The van der Waals surface area contributed by atoms with Gasteiger partial charge in [0.1, 0.15) is 0 Å². The third kappa shape index (κ3) is 5.73. The van der Waals surface area contributed by atoms with Crippen molar-refractivity contribution in [2.24, 2.45) is 0 Å². The number of ether oxygens (including phenoxy) is 1. The van der Waals surface area contributed by atoms with E-state index in [9.17, 15) is 9.59 Å². The van der Waals surface area contributed by atoms with Crippen LogP contribution in [0.5, 0.6) is 0 Å². The van der Waals surface area contributed by atoms with Gasteiger partial charge in [-0.3, -0.25) is 4.79 Å². The van der Waals surface area contributed by atoms with Crippen molar-refractivity contribution < 1.29 is 14.3 Å². The van der Waals surface area contributed by atoms with E-state index in [0.717, 1.165) is 19.3 Å². The SMILES string of the molecule is O=C(C[C@H]1COCCN1C(=O)NC1CCCC1)NCCC1=CCCCC1. The van der Waals surface area contributed by atoms with Gasteiger partial charge in [-0.25, -0.2) is 4.79 Å². The fourth-order valence-corrected chi connectivity index (χ4v) is 4.20. The second-order valence-electron chi connectivity index (χ2n) is 7.77. The largest absolute Gasteiger partial charge is 0.377 e. The summed E-state index contributed by atoms with van der Waals surface area (Å²) in [7, 11) is 0. The van der Waals surface area contributed by atoms with Gasteiger partial charge in [-0.1, -0.05) is 24.5 Å². The van der Waals surface area contributed by atoms with Gasteiger partial charge in [-0.2, -0.15) is 0 Å². The van der Waals surface area contributed by atoms with Crippen LogP contribution in [0.3, 0.4) is 0 Å². The molecule has 0 bridgehead atoms. The van der Waals surface area contributed by atoms with Gasteiger partial charge in [0, 0.05) is 25.6 Å². The molecule has 2 fully saturated rings. The van der Waals surface area contributed by atoms with Crippen LogP contribution in [-0.4, -0.2) is 55.2 Å². The second kappa shape index (κ2) is 9.95. The van der Waals surface area contributed by atoms with Crippen molar-refractivity contribution in [1.29, 1.82) is 0 Å². The van der Waals surface area contributed by atoms with Crippen molar-refractivity contribution in [2.75, 3.05) is 26.3 Å². The molecule has 1 atom stereocenters. The minimum atomic E-state index is -0.168. The van der Waals surface area contributed by atoms with Gasteiger partial charge < -0.3 is 20.3 Å². The Kier molecular flexibility index (Phi) is 7.35. The van der Waals surface area contributed by atoms with Crippen molar-refractivity contribution in [3.05, 3.63) is 11.6 Å². The van der Waals surface area contributed by atoms with Crippen LogP contribution in [0.4, 0.5) is 4.79 Å². The summed E-state index contributed by atoms with van der Waals surface area (Å²) < 4.78 is 5.52. The molecule has 6 heteroatoms. The van der Waals surface area contributed by atoms with E-state index in [2.05, 4.69) is 16.7 Å². The van der Waals surface area contributed by atoms with E-state index in [1.807, 2.05) is 0 Å². The van der Waals surface area contributed by atoms with Crippen molar-refractivity contribution in [3.63, 3.8) is 0 Å². The van der Waals surface area contributed by atoms with Gasteiger partial charge in [-0.05, 0) is 44.9 Å². The maximum Gasteiger partial charge on any atom is 0.318 e. The summed E-state index contributed by atoms with van der Waals surface area (Å²) in [4.78, 5) is 26.7. The Balaban J connectivity index is 1.42. The lowest BCUT2D eigenvalue weighted by molar-refractivity contribution is -0.123. The Morgan fingerprint density at radius 3 is 2.81 bits per heavy atom. The van der Waals surface area contributed by atoms with E-state index in [1.165, 1.54) is 44.1 Å². The number of nitrogens with one attached hydrogen (secondary N) is 2. The monoisotopic (exact) mass is 363 g/mol. The number of allylic oxidation sites excluding steroid dienone is 1. The Morgan fingerprint density at radius 2 is 2.04 bits per heavy atom. The van der Waals surface area contributed by atoms with Crippen molar-refractivity contribution in [1.82, 2.24) is 15.5 Å². The lowest BCUT2D eigenvalue weighted by Gasteiger charge is -2.36. The standard InChI is InChI=1S/C20H33N3O3/c24-19(21-11-10-16-6-2-1-3-7-16)14-18-15-26-13-12-23(18)20(25)22-17-8-4-5-9-17/h6,17-18H,1-5,7-15H2,(H,21,24)(H,22,25)/t18-/m0/s1. The van der Waals surface area contributed by atoms with E-state index in [0.29, 0.717) is 38.8 Å². The van der Waals surface area contributed by atoms with Gasteiger partial charge in [0.2, 0.25) is 5.91 Å². The lowest BCUT2D eigenvalue weighted by atomic mass is 9.97. The summed E-state index contributed by atoms with van der Waals surface area (Å²) in [5, 5.41) is 6.15. The number of nitrogens with zero attached hydrogens (tertiary/aromatic N) is 1. The van der Waals surface area contributed by atoms with Crippen molar-refractivity contribution >= 4 is 11.9 Å². The highest BCUT2D eigenvalue weighted by atomic mass is 16.5. The molecule has 146 valence electrons. The van der Waals surface area contributed by atoms with Crippen LogP contribution >= 0.6 is 0 Å². The molecule has 1 heterocycles. The first-order valence-corrected chi connectivity index (χ1v) is 10.3. The minimum Gasteiger partial charge on any atom is -0.377 e. The molecule has 26 heavy (non-hydrogen) atoms. The zero-order valence-electron chi connectivity index (χ0n) is 15.8. The van der Waals surface area contributed by atoms with Crippen LogP contribution in [0.2, 0.25) is 0 Å². The maximum atomic E-state index is 12.6. The number of amides is 3. The summed E-state index contributed by atoms with van der Waals surface area (Å²) in [6.07, 6.45) is 13.0. The summed E-state index contributed by atoms with van der Waals surface area (Å²) >= 11 is 0. The highest BCUT2D eigenvalue weighted by Gasteiger charge is 2.30. The Morgan fingerprint density at radius 1 is 1.19 bits per heavy atom. The molecule has 1 saturated carbocycles. The molecule has 0 radical (unpaired) electrons. The van der Waals surface area contributed by atoms with Crippen LogP contribution < -0.4 is 10.6 Å². The van der Waals surface area contributed by atoms with E-state index >= 15 is 0 Å². The van der Waals surface area contributed by atoms with Crippen LogP contribution in [0, 0.1) is 0 Å². The summed E-state index contributed by atoms with van der Waals surface area (Å²) in [5.41, 5.74) is 1.47. The van der Waals surface area contributed by atoms with Crippen molar-refractivity contribution in [3.8, 4) is 0 Å². The van der Waals surface area contributed by atoms with Gasteiger partial charge in [-0.15, -0.1) is 0 Å². The van der Waals surface area contributed by atoms with Gasteiger partial charge in [0.05, 0.1) is 19.3 Å². The molecule has 3 rings (SSSR count). The van der Waals surface area contributed by atoms with Crippen LogP contribution in [-0.2, 0) is 9.53 Å². The number of hydrogen-bond donors (Lipinski definition) is 2. The molecule has 3 aliphatic rings. The Labute approximate surface area is 156 Å². The van der Waals surface area contributed by atoms with E-state index in [-0.39, 0.29) is 18.0 Å². The zero-order chi connectivity index (χ0) is 18.2. The molecule has 0 aromatic carbocycles. The fourth-order valence-electron chi connectivity index (χ4n) is 4.20. The number of urea groups is 1. The molecular weight excluding hydrogens is 330 g/mol. The average Bonchev–Trinajstić information content (AvgIpc) is 3.16. The maximum absolute atomic E-state index is 12.6. The third-order valence-corrected chi connectivity index (χ3v) is 5.75. The second-order valence-corrected chi connectivity index (χ2v) is 7.77. The smallest absolute Gasteiger partial charge is 0.318 e. The van der Waals surface area contributed by atoms with Crippen LogP contribution in [0.25, 0.3) is 0 Å². The molecule has 0 unspecified atom stereocenters. The number of carbonyl (C=O) groups is 2. The Hall–Kier alpha value is -1.56. The molecule has 2 aliphatic carbocycles. The van der Waals surface area contributed by atoms with Crippen LogP contribution in [0.15, 0.2) is 11.6 Å². The zero-order valence-corrected chi connectivity index (χ0v) is 15.8. The van der Waals surface area contributed by atoms with Gasteiger partial charge in [0.25, 0.3) is 0 Å². The molecule has 6 nitrogen and oxygen atoms in total. The summed E-state index contributed by atoms with van der Waals surface area (Å²) in [6, 6.07) is 0.0907. The molecule has 1 saturated heterocycles. The molecular formula is C20H33N3O3. The predicted molar refractivity (Wildman–Crippen MR) is 101 cm³/mol. The molecule has 0 spiro atoms. The quantitative estimate of drug-likeness (QED) is 0.713. The third-order valence-electron chi connectivity index (χ3n) is 5.75. The lowest BCUT2D eigenvalue weighted by Crippen LogP contribution is -2.55. The number of morpholine rings is 1. The van der Waals surface area contributed by atoms with Crippen molar-refractivity contribution in [2.45, 2.75) is 76.3 Å². The minimum absolute atomic E-state index is 0.00979. The van der Waals surface area contributed by atoms with E-state index in [4.69, 9.17) is 4.74 Å². The van der Waals surface area contributed by atoms with Gasteiger partial charge in [0.15, 0.2) is 0 Å². The highest BCUT2D eigenvalue weighted by Crippen LogP contribution is 2.20. The topological polar surface area (TPSA) is 70.7 Å². The summed E-state index contributed by atoms with van der Waals surface area (Å²) in [5.74, 6) is 0.00979. The van der Waals surface area contributed by atoms with E-state index in [1.54, 1.807) is 4.90 Å². The molecule has 2 N–H and O–H groups in total. The predicted octanol–water partition coefficient (Wildman–Crippen LogP) is 2.74. The normalized spacial score (nSPS) is 24.2. The first-order chi connectivity index (χ1) is 12.7. The molecule has 0 aromatic heterocycles. The number of rotatable bonds is 6. The average molecular weight is 364 g/mol. The first kappa shape index (κ1) is 19.2. The first-order valence-electron chi connectivity index (χ1n) is 10.3. The highest BCUT2D eigenvalue weighted by molar-refractivity contribution is 5.79. The van der Waals surface area contributed by atoms with Crippen LogP contribution in [0.1, 0.15) is 64.2 Å². The number of hydrogen-bond acceptors (Lipinski definition) is 3. The Bertz CT molecular complexity index is 514. The fraction of sp³-hybridized carbons (Fsp3) is 0.800. The molecule has 1 aliphatic heterocycles. The molecule has 0 aromatic rings. The number of carbonyl (C=O) groups excluding carboxylic acids is 2. The van der Waals surface area contributed by atoms with E-state index < -0.39 is 0 Å².